The molecule has 25 heavy (non-hydrogen) atoms. The van der Waals surface area contributed by atoms with E-state index in [0.717, 1.165) is 35.4 Å². The second-order valence-corrected chi connectivity index (χ2v) is 6.64. The van der Waals surface area contributed by atoms with Crippen LogP contribution in [-0.2, 0) is 17.8 Å². The molecule has 1 unspecified atom stereocenters. The van der Waals surface area contributed by atoms with Gasteiger partial charge in [-0.05, 0) is 43.2 Å². The van der Waals surface area contributed by atoms with Gasteiger partial charge in [-0.25, -0.2) is 4.98 Å². The van der Waals surface area contributed by atoms with Crippen molar-refractivity contribution in [2.45, 2.75) is 39.3 Å². The summed E-state index contributed by atoms with van der Waals surface area (Å²) in [5, 5.41) is 3.74. The first kappa shape index (κ1) is 17.5. The van der Waals surface area contributed by atoms with Crippen molar-refractivity contribution in [3.05, 3.63) is 64.9 Å². The van der Waals surface area contributed by atoms with Crippen molar-refractivity contribution in [1.29, 1.82) is 0 Å². The highest BCUT2D eigenvalue weighted by Crippen LogP contribution is 2.21. The van der Waals surface area contributed by atoms with Crippen LogP contribution in [0.3, 0.4) is 0 Å². The fourth-order valence-electron chi connectivity index (χ4n) is 3.03. The van der Waals surface area contributed by atoms with E-state index in [1.807, 2.05) is 37.3 Å². The standard InChI is InChI=1S/C20H22ClN3O/c1-3-12-24-18-7-5-4-6-17(18)23-20(24)14(2)22-19(25)13-15-8-10-16(21)11-9-15/h4-11,14H,3,12-13H2,1-2H3,(H,22,25). The van der Waals surface area contributed by atoms with Crippen molar-refractivity contribution >= 4 is 28.5 Å². The van der Waals surface area contributed by atoms with Gasteiger partial charge >= 0.3 is 0 Å². The van der Waals surface area contributed by atoms with E-state index in [2.05, 4.69) is 22.9 Å². The molecule has 130 valence electrons. The van der Waals surface area contributed by atoms with Gasteiger partial charge in [0.15, 0.2) is 0 Å². The summed E-state index contributed by atoms with van der Waals surface area (Å²) in [6, 6.07) is 15.3. The molecule has 0 aliphatic rings. The van der Waals surface area contributed by atoms with Gasteiger partial charge in [0.1, 0.15) is 5.82 Å². The molecule has 4 nitrogen and oxygen atoms in total. The van der Waals surface area contributed by atoms with Gasteiger partial charge in [-0.1, -0.05) is 42.8 Å². The average molecular weight is 356 g/mol. The van der Waals surface area contributed by atoms with E-state index in [1.54, 1.807) is 12.1 Å². The summed E-state index contributed by atoms with van der Waals surface area (Å²) in [5.74, 6) is 0.873. The SMILES string of the molecule is CCCn1c(C(C)NC(=O)Cc2ccc(Cl)cc2)nc2ccccc21. The summed E-state index contributed by atoms with van der Waals surface area (Å²) in [6.07, 6.45) is 1.34. The zero-order valence-electron chi connectivity index (χ0n) is 14.5. The summed E-state index contributed by atoms with van der Waals surface area (Å²) in [5.41, 5.74) is 3.01. The number of rotatable bonds is 6. The molecule has 3 aromatic rings. The molecule has 0 radical (unpaired) electrons. The second kappa shape index (κ2) is 7.70. The Morgan fingerprint density at radius 2 is 1.92 bits per heavy atom. The van der Waals surface area contributed by atoms with Gasteiger partial charge in [-0.3, -0.25) is 4.79 Å². The van der Waals surface area contributed by atoms with Crippen LogP contribution < -0.4 is 5.32 Å². The number of para-hydroxylation sites is 2. The fourth-order valence-corrected chi connectivity index (χ4v) is 3.15. The highest BCUT2D eigenvalue weighted by atomic mass is 35.5. The third-order valence-electron chi connectivity index (χ3n) is 4.17. The number of fused-ring (bicyclic) bond motifs is 1. The number of benzene rings is 2. The molecule has 0 aliphatic carbocycles. The molecule has 0 aliphatic heterocycles. The van der Waals surface area contributed by atoms with Crippen molar-refractivity contribution in [2.75, 3.05) is 0 Å². The molecular weight excluding hydrogens is 334 g/mol. The van der Waals surface area contributed by atoms with Crippen molar-refractivity contribution in [3.63, 3.8) is 0 Å². The van der Waals surface area contributed by atoms with Crippen molar-refractivity contribution in [1.82, 2.24) is 14.9 Å². The summed E-state index contributed by atoms with van der Waals surface area (Å²) in [6.45, 7) is 5.00. The minimum absolute atomic E-state index is 0.0232. The molecule has 0 spiro atoms. The monoisotopic (exact) mass is 355 g/mol. The Bertz CT molecular complexity index is 870. The van der Waals surface area contributed by atoms with E-state index < -0.39 is 0 Å². The van der Waals surface area contributed by atoms with E-state index in [9.17, 15) is 4.79 Å². The van der Waals surface area contributed by atoms with Gasteiger partial charge in [0.25, 0.3) is 0 Å². The topological polar surface area (TPSA) is 46.9 Å². The van der Waals surface area contributed by atoms with Crippen LogP contribution in [-0.4, -0.2) is 15.5 Å². The van der Waals surface area contributed by atoms with Crippen LogP contribution in [0.1, 0.15) is 37.7 Å². The van der Waals surface area contributed by atoms with E-state index in [0.29, 0.717) is 11.4 Å². The molecule has 1 aromatic heterocycles. The van der Waals surface area contributed by atoms with Gasteiger partial charge in [0.2, 0.25) is 5.91 Å². The lowest BCUT2D eigenvalue weighted by atomic mass is 10.1. The first-order valence-corrected chi connectivity index (χ1v) is 8.95. The molecule has 0 saturated heterocycles. The van der Waals surface area contributed by atoms with Gasteiger partial charge in [-0.15, -0.1) is 0 Å². The van der Waals surface area contributed by atoms with Crippen LogP contribution in [0, 0.1) is 0 Å². The lowest BCUT2D eigenvalue weighted by molar-refractivity contribution is -0.121. The summed E-state index contributed by atoms with van der Waals surface area (Å²) < 4.78 is 2.20. The number of aromatic nitrogens is 2. The maximum Gasteiger partial charge on any atom is 0.224 e. The summed E-state index contributed by atoms with van der Waals surface area (Å²) >= 11 is 5.89. The van der Waals surface area contributed by atoms with E-state index >= 15 is 0 Å². The lowest BCUT2D eigenvalue weighted by Gasteiger charge is -2.16. The van der Waals surface area contributed by atoms with Gasteiger partial charge in [0.05, 0.1) is 23.5 Å². The van der Waals surface area contributed by atoms with Crippen LogP contribution in [0.15, 0.2) is 48.5 Å². The number of nitrogens with zero attached hydrogens (tertiary/aromatic N) is 2. The van der Waals surface area contributed by atoms with Crippen LogP contribution in [0.25, 0.3) is 11.0 Å². The third kappa shape index (κ3) is 4.02. The van der Waals surface area contributed by atoms with Crippen molar-refractivity contribution in [2.24, 2.45) is 0 Å². The number of amides is 1. The molecule has 1 atom stereocenters. The Morgan fingerprint density at radius 3 is 2.64 bits per heavy atom. The maximum atomic E-state index is 12.4. The molecular formula is C20H22ClN3O. The number of halogens is 1. The van der Waals surface area contributed by atoms with E-state index in [-0.39, 0.29) is 11.9 Å². The predicted molar refractivity (Wildman–Crippen MR) is 102 cm³/mol. The Labute approximate surface area is 152 Å². The smallest absolute Gasteiger partial charge is 0.224 e. The minimum Gasteiger partial charge on any atom is -0.346 e. The van der Waals surface area contributed by atoms with E-state index in [1.165, 1.54) is 0 Å². The zero-order valence-corrected chi connectivity index (χ0v) is 15.3. The van der Waals surface area contributed by atoms with E-state index in [4.69, 9.17) is 16.6 Å². The van der Waals surface area contributed by atoms with Crippen LogP contribution in [0.4, 0.5) is 0 Å². The number of hydrogen-bond donors (Lipinski definition) is 1. The first-order chi connectivity index (χ1) is 12.1. The van der Waals surface area contributed by atoms with Crippen molar-refractivity contribution in [3.8, 4) is 0 Å². The Balaban J connectivity index is 1.77. The van der Waals surface area contributed by atoms with Crippen LogP contribution in [0.2, 0.25) is 5.02 Å². The number of aryl methyl sites for hydroxylation is 1. The molecule has 0 saturated carbocycles. The zero-order chi connectivity index (χ0) is 17.8. The number of carbonyl (C=O) groups is 1. The molecule has 5 heteroatoms. The second-order valence-electron chi connectivity index (χ2n) is 6.20. The Kier molecular flexibility index (Phi) is 5.39. The minimum atomic E-state index is -0.154. The van der Waals surface area contributed by atoms with Crippen molar-refractivity contribution < 1.29 is 4.79 Å². The number of carbonyl (C=O) groups excluding carboxylic acids is 1. The molecule has 3 rings (SSSR count). The molecule has 2 aromatic carbocycles. The highest BCUT2D eigenvalue weighted by molar-refractivity contribution is 6.30. The maximum absolute atomic E-state index is 12.4. The normalized spacial score (nSPS) is 12.3. The third-order valence-corrected chi connectivity index (χ3v) is 4.43. The Hall–Kier alpha value is -2.33. The van der Waals surface area contributed by atoms with Gasteiger partial charge in [-0.2, -0.15) is 0 Å². The fraction of sp³-hybridized carbons (Fsp3) is 0.300. The molecule has 0 fully saturated rings. The summed E-state index contributed by atoms with van der Waals surface area (Å²) in [7, 11) is 0. The Morgan fingerprint density at radius 1 is 1.20 bits per heavy atom. The van der Waals surface area contributed by atoms with Crippen LogP contribution in [0.5, 0.6) is 0 Å². The number of nitrogens with one attached hydrogen (secondary N) is 1. The quantitative estimate of drug-likeness (QED) is 0.706. The average Bonchev–Trinajstić information content (AvgIpc) is 2.96. The molecule has 1 heterocycles. The summed E-state index contributed by atoms with van der Waals surface area (Å²) in [4.78, 5) is 17.1. The highest BCUT2D eigenvalue weighted by Gasteiger charge is 2.18. The van der Waals surface area contributed by atoms with Gasteiger partial charge < -0.3 is 9.88 Å². The number of imidazole rings is 1. The predicted octanol–water partition coefficient (Wildman–Crippen LogP) is 4.52. The molecule has 1 amide bonds. The molecule has 1 N–H and O–H groups in total. The van der Waals surface area contributed by atoms with Crippen LogP contribution >= 0.6 is 11.6 Å². The molecule has 0 bridgehead atoms. The number of hydrogen-bond acceptors (Lipinski definition) is 2. The largest absolute Gasteiger partial charge is 0.346 e. The lowest BCUT2D eigenvalue weighted by Crippen LogP contribution is -2.30. The first-order valence-electron chi connectivity index (χ1n) is 8.57. The van der Waals surface area contributed by atoms with Gasteiger partial charge in [0, 0.05) is 11.6 Å².